The van der Waals surface area contributed by atoms with Gasteiger partial charge in [-0.2, -0.15) is 0 Å². The van der Waals surface area contributed by atoms with Gasteiger partial charge in [-0.15, -0.1) is 0 Å². The second-order valence-corrected chi connectivity index (χ2v) is 3.66. The van der Waals surface area contributed by atoms with Crippen LogP contribution in [0.5, 0.6) is 0 Å². The van der Waals surface area contributed by atoms with Gasteiger partial charge >= 0.3 is 0 Å². The fourth-order valence-corrected chi connectivity index (χ4v) is 1.36. The lowest BCUT2D eigenvalue weighted by Gasteiger charge is -2.17. The van der Waals surface area contributed by atoms with E-state index in [-0.39, 0.29) is 5.56 Å². The van der Waals surface area contributed by atoms with Crippen LogP contribution in [0.3, 0.4) is 0 Å². The highest BCUT2D eigenvalue weighted by atomic mass is 19.1. The number of amides is 1. The number of benzene rings is 1. The van der Waals surface area contributed by atoms with Crippen molar-refractivity contribution in [1.82, 2.24) is 4.90 Å². The molecule has 0 radical (unpaired) electrons. The van der Waals surface area contributed by atoms with Gasteiger partial charge in [0.25, 0.3) is 5.91 Å². The van der Waals surface area contributed by atoms with E-state index in [0.29, 0.717) is 25.4 Å². The Kier molecular flexibility index (Phi) is 4.90. The van der Waals surface area contributed by atoms with Gasteiger partial charge in [0.15, 0.2) is 0 Å². The number of nitrogens with two attached hydrogens (primary N) is 1. The first-order valence-corrected chi connectivity index (χ1v) is 5.44. The van der Waals surface area contributed by atoms with Gasteiger partial charge in [0.1, 0.15) is 5.82 Å². The number of rotatable bonds is 5. The smallest absolute Gasteiger partial charge is 0.256 e. The molecule has 94 valence electrons. The van der Waals surface area contributed by atoms with Crippen molar-refractivity contribution in [3.63, 3.8) is 0 Å². The number of carbonyl (C=O) groups is 1. The lowest BCUT2D eigenvalue weighted by atomic mass is 10.1. The van der Waals surface area contributed by atoms with Crippen LogP contribution in [-0.4, -0.2) is 37.6 Å². The SMILES string of the molecule is CCOCCN(C)C(=O)c1cc(N)ccc1F. The summed E-state index contributed by atoms with van der Waals surface area (Å²) in [7, 11) is 1.60. The van der Waals surface area contributed by atoms with E-state index in [1.54, 1.807) is 7.05 Å². The molecule has 0 aromatic heterocycles. The van der Waals surface area contributed by atoms with Gasteiger partial charge in [-0.25, -0.2) is 4.39 Å². The minimum absolute atomic E-state index is 0.0102. The predicted molar refractivity (Wildman–Crippen MR) is 64.3 cm³/mol. The van der Waals surface area contributed by atoms with E-state index >= 15 is 0 Å². The molecule has 1 aromatic rings. The maximum Gasteiger partial charge on any atom is 0.256 e. The summed E-state index contributed by atoms with van der Waals surface area (Å²) in [4.78, 5) is 13.3. The van der Waals surface area contributed by atoms with Crippen LogP contribution in [0.25, 0.3) is 0 Å². The number of hydrogen-bond donors (Lipinski definition) is 1. The summed E-state index contributed by atoms with van der Waals surface area (Å²) in [6.07, 6.45) is 0. The molecule has 0 fully saturated rings. The average molecular weight is 240 g/mol. The third-order valence-corrected chi connectivity index (χ3v) is 2.34. The fraction of sp³-hybridized carbons (Fsp3) is 0.417. The lowest BCUT2D eigenvalue weighted by molar-refractivity contribution is 0.0705. The molecule has 0 aliphatic rings. The van der Waals surface area contributed by atoms with E-state index in [1.165, 1.54) is 23.1 Å². The van der Waals surface area contributed by atoms with Crippen molar-refractivity contribution in [1.29, 1.82) is 0 Å². The van der Waals surface area contributed by atoms with Crippen molar-refractivity contribution in [2.75, 3.05) is 32.5 Å². The third-order valence-electron chi connectivity index (χ3n) is 2.34. The van der Waals surface area contributed by atoms with Crippen LogP contribution in [0.1, 0.15) is 17.3 Å². The minimum Gasteiger partial charge on any atom is -0.399 e. The summed E-state index contributed by atoms with van der Waals surface area (Å²) in [6.45, 7) is 3.32. The molecule has 4 nitrogen and oxygen atoms in total. The van der Waals surface area contributed by atoms with E-state index in [4.69, 9.17) is 10.5 Å². The number of halogens is 1. The van der Waals surface area contributed by atoms with E-state index in [9.17, 15) is 9.18 Å². The molecule has 0 heterocycles. The van der Waals surface area contributed by atoms with E-state index in [1.807, 2.05) is 6.92 Å². The molecule has 0 saturated carbocycles. The zero-order valence-electron chi connectivity index (χ0n) is 10.1. The Morgan fingerprint density at radius 3 is 2.88 bits per heavy atom. The number of nitrogen functional groups attached to an aromatic ring is 1. The molecule has 0 bridgehead atoms. The molecule has 0 aliphatic heterocycles. The van der Waals surface area contributed by atoms with Crippen LogP contribution in [-0.2, 0) is 4.74 Å². The number of ether oxygens (including phenoxy) is 1. The van der Waals surface area contributed by atoms with Crippen molar-refractivity contribution in [3.05, 3.63) is 29.6 Å². The second kappa shape index (κ2) is 6.20. The summed E-state index contributed by atoms with van der Waals surface area (Å²) in [6, 6.07) is 3.96. The third kappa shape index (κ3) is 3.71. The highest BCUT2D eigenvalue weighted by Crippen LogP contribution is 2.13. The first-order valence-electron chi connectivity index (χ1n) is 5.44. The standard InChI is InChI=1S/C12H17FN2O2/c1-3-17-7-6-15(2)12(16)10-8-9(14)4-5-11(10)13/h4-5,8H,3,6-7,14H2,1-2H3. The normalized spacial score (nSPS) is 10.3. The molecule has 0 unspecified atom stereocenters. The molecular weight excluding hydrogens is 223 g/mol. The Hall–Kier alpha value is -1.62. The number of carbonyl (C=O) groups excluding carboxylic acids is 1. The fourth-order valence-electron chi connectivity index (χ4n) is 1.36. The largest absolute Gasteiger partial charge is 0.399 e. The van der Waals surface area contributed by atoms with E-state index in [2.05, 4.69) is 0 Å². The summed E-state index contributed by atoms with van der Waals surface area (Å²) in [5.74, 6) is -0.957. The van der Waals surface area contributed by atoms with Gasteiger partial charge in [0.05, 0.1) is 12.2 Å². The molecule has 1 rings (SSSR count). The van der Waals surface area contributed by atoms with Crippen LogP contribution in [0.2, 0.25) is 0 Å². The van der Waals surface area contributed by atoms with Gasteiger partial charge in [-0.3, -0.25) is 4.79 Å². The molecule has 1 amide bonds. The molecule has 17 heavy (non-hydrogen) atoms. The molecular formula is C12H17FN2O2. The Balaban J connectivity index is 2.71. The number of hydrogen-bond acceptors (Lipinski definition) is 3. The number of nitrogens with zero attached hydrogens (tertiary/aromatic N) is 1. The summed E-state index contributed by atoms with van der Waals surface area (Å²) >= 11 is 0. The highest BCUT2D eigenvalue weighted by molar-refractivity contribution is 5.95. The summed E-state index contributed by atoms with van der Waals surface area (Å²) in [5.41, 5.74) is 5.88. The molecule has 2 N–H and O–H groups in total. The molecule has 0 saturated heterocycles. The van der Waals surface area contributed by atoms with Crippen molar-refractivity contribution in [2.24, 2.45) is 0 Å². The van der Waals surface area contributed by atoms with E-state index in [0.717, 1.165) is 0 Å². The zero-order chi connectivity index (χ0) is 12.8. The maximum absolute atomic E-state index is 13.4. The van der Waals surface area contributed by atoms with Gasteiger partial charge in [-0.1, -0.05) is 0 Å². The Morgan fingerprint density at radius 2 is 2.24 bits per heavy atom. The molecule has 0 spiro atoms. The average Bonchev–Trinajstić information content (AvgIpc) is 2.31. The van der Waals surface area contributed by atoms with Crippen LogP contribution >= 0.6 is 0 Å². The molecule has 0 atom stereocenters. The van der Waals surface area contributed by atoms with Crippen LogP contribution in [0, 0.1) is 5.82 Å². The van der Waals surface area contributed by atoms with Gasteiger partial charge in [0, 0.05) is 25.9 Å². The summed E-state index contributed by atoms with van der Waals surface area (Å²) in [5, 5.41) is 0. The van der Waals surface area contributed by atoms with E-state index < -0.39 is 11.7 Å². The van der Waals surface area contributed by atoms with Gasteiger partial charge in [-0.05, 0) is 25.1 Å². The maximum atomic E-state index is 13.4. The van der Waals surface area contributed by atoms with Crippen molar-refractivity contribution in [3.8, 4) is 0 Å². The first kappa shape index (κ1) is 13.4. The lowest BCUT2D eigenvalue weighted by Crippen LogP contribution is -2.30. The van der Waals surface area contributed by atoms with Gasteiger partial charge < -0.3 is 15.4 Å². The predicted octanol–water partition coefficient (Wildman–Crippen LogP) is 1.52. The molecule has 0 aliphatic carbocycles. The van der Waals surface area contributed by atoms with Crippen LogP contribution < -0.4 is 5.73 Å². The van der Waals surface area contributed by atoms with Crippen molar-refractivity contribution < 1.29 is 13.9 Å². The number of likely N-dealkylation sites (N-methyl/N-ethyl adjacent to an activating group) is 1. The highest BCUT2D eigenvalue weighted by Gasteiger charge is 2.16. The van der Waals surface area contributed by atoms with Crippen molar-refractivity contribution in [2.45, 2.75) is 6.92 Å². The Labute approximate surface area is 100 Å². The van der Waals surface area contributed by atoms with Crippen LogP contribution in [0.4, 0.5) is 10.1 Å². The summed E-state index contributed by atoms with van der Waals surface area (Å²) < 4.78 is 18.6. The Bertz CT molecular complexity index is 396. The minimum atomic E-state index is -0.563. The topological polar surface area (TPSA) is 55.6 Å². The van der Waals surface area contributed by atoms with Gasteiger partial charge in [0.2, 0.25) is 0 Å². The first-order chi connectivity index (χ1) is 8.06. The second-order valence-electron chi connectivity index (χ2n) is 3.66. The molecule has 1 aromatic carbocycles. The molecule has 5 heteroatoms. The van der Waals surface area contributed by atoms with Crippen molar-refractivity contribution >= 4 is 11.6 Å². The quantitative estimate of drug-likeness (QED) is 0.627. The Morgan fingerprint density at radius 1 is 1.53 bits per heavy atom. The number of anilines is 1. The zero-order valence-corrected chi connectivity index (χ0v) is 10.1. The van der Waals surface area contributed by atoms with Crippen LogP contribution in [0.15, 0.2) is 18.2 Å². The monoisotopic (exact) mass is 240 g/mol.